The Kier molecular flexibility index (Phi) is 8.80. The maximum absolute atomic E-state index is 12.5. The van der Waals surface area contributed by atoms with Crippen LogP contribution in [0.5, 0.6) is 0 Å². The molecule has 0 aliphatic rings. The number of hydrogen-bond acceptors (Lipinski definition) is 6. The molecule has 0 radical (unpaired) electrons. The third kappa shape index (κ3) is 5.66. The lowest BCUT2D eigenvalue weighted by Gasteiger charge is -2.27. The van der Waals surface area contributed by atoms with Crippen LogP contribution in [-0.2, 0) is 24.2 Å². The molecule has 0 aromatic rings. The number of ketones is 1. The molecule has 0 aromatic heterocycles. The van der Waals surface area contributed by atoms with Crippen LogP contribution in [0.1, 0.15) is 46.0 Å². The van der Waals surface area contributed by atoms with E-state index in [2.05, 4.69) is 0 Å². The topological polar surface area (TPSA) is 130 Å². The monoisotopic (exact) mass is 336 g/mol. The highest BCUT2D eigenvalue weighted by atomic mass is 32.2. The number of methoxy groups -OCH3 is 1. The molecule has 7 nitrogen and oxygen atoms in total. The van der Waals surface area contributed by atoms with Crippen LogP contribution in [0, 0.1) is 0 Å². The maximum atomic E-state index is 12.5. The zero-order chi connectivity index (χ0) is 17.4. The van der Waals surface area contributed by atoms with Gasteiger partial charge in [0.15, 0.2) is 21.2 Å². The molecule has 22 heavy (non-hydrogen) atoms. The third-order valence-electron chi connectivity index (χ3n) is 3.63. The van der Waals surface area contributed by atoms with Crippen LogP contribution in [0.3, 0.4) is 0 Å². The molecule has 130 valence electrons. The molecule has 0 aliphatic heterocycles. The zero-order valence-corrected chi connectivity index (χ0v) is 14.4. The fraction of sp³-hybridized carbons (Fsp3) is 0.857. The van der Waals surface area contributed by atoms with E-state index in [9.17, 15) is 18.0 Å². The number of sulfone groups is 1. The second-order valence-electron chi connectivity index (χ2n) is 5.51. The van der Waals surface area contributed by atoms with Crippen molar-refractivity contribution in [1.29, 1.82) is 0 Å². The number of primary amides is 1. The minimum atomic E-state index is -3.71. The molecule has 0 aromatic carbocycles. The Labute approximate surface area is 132 Å². The number of amides is 1. The number of carbonyl (C=O) groups excluding carboxylic acids is 2. The zero-order valence-electron chi connectivity index (χ0n) is 13.6. The molecule has 0 saturated carbocycles. The van der Waals surface area contributed by atoms with Crippen molar-refractivity contribution < 1.29 is 22.7 Å². The summed E-state index contributed by atoms with van der Waals surface area (Å²) in [7, 11) is -2.31. The first-order chi connectivity index (χ1) is 10.2. The summed E-state index contributed by atoms with van der Waals surface area (Å²) in [5.41, 5.74) is 8.79. The molecular weight excluding hydrogens is 308 g/mol. The smallest absolute Gasteiger partial charge is 0.246 e. The first-order valence-electron chi connectivity index (χ1n) is 7.48. The van der Waals surface area contributed by atoms with Gasteiger partial charge in [-0.25, -0.2) is 8.42 Å². The van der Waals surface area contributed by atoms with Gasteiger partial charge >= 0.3 is 0 Å². The summed E-state index contributed by atoms with van der Waals surface area (Å²) in [6.45, 7) is 3.82. The second-order valence-corrected chi connectivity index (χ2v) is 7.79. The minimum Gasteiger partial charge on any atom is -0.384 e. The van der Waals surface area contributed by atoms with Crippen LogP contribution in [0.15, 0.2) is 0 Å². The van der Waals surface area contributed by atoms with Gasteiger partial charge in [0.2, 0.25) is 5.91 Å². The summed E-state index contributed by atoms with van der Waals surface area (Å²) < 4.78 is 29.8. The van der Waals surface area contributed by atoms with E-state index in [-0.39, 0.29) is 13.0 Å². The van der Waals surface area contributed by atoms with E-state index in [1.807, 2.05) is 13.8 Å². The molecule has 4 N–H and O–H groups in total. The molecule has 0 rings (SSSR count). The van der Waals surface area contributed by atoms with E-state index in [0.717, 1.165) is 0 Å². The number of hydrogen-bond donors (Lipinski definition) is 2. The summed E-state index contributed by atoms with van der Waals surface area (Å²) in [6.07, 6.45) is 2.16. The van der Waals surface area contributed by atoms with Crippen molar-refractivity contribution in [2.45, 2.75) is 56.7 Å². The Bertz CT molecular complexity index is 472. The Balaban J connectivity index is 5.37. The maximum Gasteiger partial charge on any atom is 0.246 e. The number of ether oxygens (including phenoxy) is 1. The van der Waals surface area contributed by atoms with Crippen LogP contribution in [-0.4, -0.2) is 50.4 Å². The Morgan fingerprint density at radius 3 is 2.05 bits per heavy atom. The number of Topliss-reactive ketones (excluding diaryl/α,β-unsaturated/α-hetero) is 1. The lowest BCUT2D eigenvalue weighted by Crippen LogP contribution is -2.63. The van der Waals surface area contributed by atoms with Gasteiger partial charge < -0.3 is 16.2 Å². The first-order valence-corrected chi connectivity index (χ1v) is 9.19. The van der Waals surface area contributed by atoms with E-state index in [1.165, 1.54) is 7.11 Å². The van der Waals surface area contributed by atoms with Gasteiger partial charge in [-0.2, -0.15) is 0 Å². The normalized spacial score (nSPS) is 14.8. The average Bonchev–Trinajstić information content (AvgIpc) is 2.43. The molecule has 0 saturated heterocycles. The highest BCUT2D eigenvalue weighted by Crippen LogP contribution is 2.20. The van der Waals surface area contributed by atoms with Crippen molar-refractivity contribution in [3.05, 3.63) is 0 Å². The fourth-order valence-electron chi connectivity index (χ4n) is 2.29. The molecule has 0 spiro atoms. The van der Waals surface area contributed by atoms with E-state index in [4.69, 9.17) is 16.2 Å². The van der Waals surface area contributed by atoms with Crippen LogP contribution in [0.4, 0.5) is 0 Å². The Hall–Kier alpha value is -0.990. The molecule has 0 fully saturated rings. The number of carbonyl (C=O) groups is 2. The van der Waals surface area contributed by atoms with Crippen molar-refractivity contribution in [3.8, 4) is 0 Å². The summed E-state index contributed by atoms with van der Waals surface area (Å²) >= 11 is 0. The number of nitrogens with two attached hydrogens (primary N) is 2. The van der Waals surface area contributed by atoms with Gasteiger partial charge in [-0.1, -0.05) is 26.7 Å². The van der Waals surface area contributed by atoms with Crippen molar-refractivity contribution in [2.24, 2.45) is 11.5 Å². The molecule has 0 heterocycles. The van der Waals surface area contributed by atoms with Crippen LogP contribution in [0.25, 0.3) is 0 Å². The first kappa shape index (κ1) is 21.0. The van der Waals surface area contributed by atoms with Gasteiger partial charge in [0.05, 0.1) is 17.6 Å². The molecule has 0 unspecified atom stereocenters. The molecule has 1 atom stereocenters. The van der Waals surface area contributed by atoms with Crippen LogP contribution in [0.2, 0.25) is 0 Å². The summed E-state index contributed by atoms with van der Waals surface area (Å²) in [5.74, 6) is -2.58. The summed E-state index contributed by atoms with van der Waals surface area (Å²) in [6, 6.07) is 0. The largest absolute Gasteiger partial charge is 0.384 e. The third-order valence-corrected chi connectivity index (χ3v) is 5.97. The van der Waals surface area contributed by atoms with Crippen LogP contribution < -0.4 is 11.5 Å². The molecule has 8 heteroatoms. The summed E-state index contributed by atoms with van der Waals surface area (Å²) in [5, 5.41) is -0.611. The van der Waals surface area contributed by atoms with Crippen molar-refractivity contribution >= 4 is 21.5 Å². The second kappa shape index (κ2) is 9.22. The Morgan fingerprint density at radius 2 is 1.68 bits per heavy atom. The molecule has 0 bridgehead atoms. The van der Waals surface area contributed by atoms with Gasteiger partial charge in [0.25, 0.3) is 0 Å². The lowest BCUT2D eigenvalue weighted by atomic mass is 9.95. The highest BCUT2D eigenvalue weighted by Gasteiger charge is 2.45. The van der Waals surface area contributed by atoms with Gasteiger partial charge in [-0.3, -0.25) is 9.59 Å². The fourth-order valence-corrected chi connectivity index (χ4v) is 4.65. The van der Waals surface area contributed by atoms with Crippen molar-refractivity contribution in [2.75, 3.05) is 19.5 Å². The van der Waals surface area contributed by atoms with Crippen molar-refractivity contribution in [3.63, 3.8) is 0 Å². The quantitative estimate of drug-likeness (QED) is 0.488. The van der Waals surface area contributed by atoms with Gasteiger partial charge in [-0.05, 0) is 12.8 Å². The van der Waals surface area contributed by atoms with E-state index in [0.29, 0.717) is 25.7 Å². The van der Waals surface area contributed by atoms with E-state index >= 15 is 0 Å². The number of rotatable bonds is 12. The SMILES string of the molecule is CCCC(CCC)S(=O)(=O)C[C@@](N)(C(N)=O)C(=O)CCOC. The minimum absolute atomic E-state index is 0.0540. The summed E-state index contributed by atoms with van der Waals surface area (Å²) in [4.78, 5) is 23.7. The highest BCUT2D eigenvalue weighted by molar-refractivity contribution is 7.92. The average molecular weight is 336 g/mol. The molecule has 1 amide bonds. The lowest BCUT2D eigenvalue weighted by molar-refractivity contribution is -0.133. The molecule has 0 aliphatic carbocycles. The van der Waals surface area contributed by atoms with E-state index < -0.39 is 38.1 Å². The van der Waals surface area contributed by atoms with Gasteiger partial charge in [0, 0.05) is 13.5 Å². The van der Waals surface area contributed by atoms with Gasteiger partial charge in [-0.15, -0.1) is 0 Å². The predicted molar refractivity (Wildman–Crippen MR) is 85.0 cm³/mol. The Morgan fingerprint density at radius 1 is 1.18 bits per heavy atom. The van der Waals surface area contributed by atoms with Gasteiger partial charge in [0.1, 0.15) is 0 Å². The standard InChI is InChI=1S/C14H28N2O5S/c1-4-6-11(7-5-2)22(19,20)10-14(16,13(15)18)12(17)8-9-21-3/h11H,4-10,16H2,1-3H3,(H2,15,18)/t14-/m0/s1. The van der Waals surface area contributed by atoms with E-state index in [1.54, 1.807) is 0 Å². The van der Waals surface area contributed by atoms with Crippen molar-refractivity contribution in [1.82, 2.24) is 0 Å². The molecular formula is C14H28N2O5S. The predicted octanol–water partition coefficient (Wildman–Crippen LogP) is 0.158. The van der Waals surface area contributed by atoms with Crippen LogP contribution >= 0.6 is 0 Å².